The lowest BCUT2D eigenvalue weighted by atomic mass is 9.59. The first-order valence-electron chi connectivity index (χ1n) is 20.2. The van der Waals surface area contributed by atoms with Crippen molar-refractivity contribution in [1.82, 2.24) is 9.97 Å². The summed E-state index contributed by atoms with van der Waals surface area (Å²) in [5.41, 5.74) is 11.6. The molecular weight excluding hydrogens is 776 g/mol. The van der Waals surface area contributed by atoms with Crippen molar-refractivity contribution in [1.29, 1.82) is 0 Å². The molecule has 8 rings (SSSR count). The number of aryl methyl sites for hydroxylation is 2. The van der Waals surface area contributed by atoms with Gasteiger partial charge in [0.05, 0.1) is 24.3 Å². The number of hydrogen-bond donors (Lipinski definition) is 10. The lowest BCUT2D eigenvalue weighted by molar-refractivity contribution is -0.422. The number of carbonyl (C=O) groups is 2. The van der Waals surface area contributed by atoms with E-state index in [4.69, 9.17) is 15.2 Å². The van der Waals surface area contributed by atoms with Gasteiger partial charge in [0, 0.05) is 47.2 Å². The van der Waals surface area contributed by atoms with Crippen LogP contribution in [0.5, 0.6) is 17.2 Å². The van der Waals surface area contributed by atoms with Gasteiger partial charge in [-0.2, -0.15) is 0 Å². The number of amides is 1. The number of carboxylic acids is 1. The van der Waals surface area contributed by atoms with Crippen LogP contribution in [0, 0.1) is 5.92 Å². The first-order valence-corrected chi connectivity index (χ1v) is 20.2. The Labute approximate surface area is 345 Å². The number of aromatic hydroxyl groups is 2. The van der Waals surface area contributed by atoms with E-state index >= 15 is 0 Å². The van der Waals surface area contributed by atoms with Gasteiger partial charge in [0.2, 0.25) is 0 Å². The van der Waals surface area contributed by atoms with E-state index in [0.29, 0.717) is 36.0 Å². The van der Waals surface area contributed by atoms with Gasteiger partial charge in [-0.1, -0.05) is 37.3 Å². The summed E-state index contributed by atoms with van der Waals surface area (Å²) in [6, 6.07) is 13.4. The van der Waals surface area contributed by atoms with Crippen molar-refractivity contribution in [3.8, 4) is 17.2 Å². The van der Waals surface area contributed by atoms with Crippen molar-refractivity contribution in [3.63, 3.8) is 0 Å². The van der Waals surface area contributed by atoms with Gasteiger partial charge in [-0.15, -0.1) is 0 Å². The number of phenolic OH excluding ortho intramolecular Hbond substituents is 2. The van der Waals surface area contributed by atoms with Crippen LogP contribution in [0.15, 0.2) is 67.0 Å². The van der Waals surface area contributed by atoms with Crippen molar-refractivity contribution >= 4 is 23.6 Å². The molecule has 3 aromatic carbocycles. The van der Waals surface area contributed by atoms with Gasteiger partial charge in [0.1, 0.15) is 30.1 Å². The fourth-order valence-electron chi connectivity index (χ4n) is 10.2. The minimum absolute atomic E-state index is 0.0180. The molecule has 1 saturated carbocycles. The SMILES string of the molecule is CCc1nc[nH]c1Cc1cc(C=CC(=O)N2c3cc(OC4(O)OC(CO)C(O)C(O)C4O)c(O)cc3C(CC34c5ccccc5CCC3CCC4N)C2C(=O)O)ccc1O. The Balaban J connectivity index is 1.21. The minimum atomic E-state index is -3.12. The number of ether oxygens (including phenoxy) is 2. The van der Waals surface area contributed by atoms with Crippen molar-refractivity contribution in [2.75, 3.05) is 11.5 Å². The van der Waals surface area contributed by atoms with Gasteiger partial charge in [-0.3, -0.25) is 9.69 Å². The number of hydrogen-bond acceptors (Lipinski definition) is 13. The molecule has 1 amide bonds. The standard InChI is InChI=1S/C44H50N4O12/c1-2-29-30(47-21-46-29)16-24-15-22(7-12-32(24)50)8-14-37(52)48-31-18-34(59-44(58)41(55)40(54)39(53)35(20-49)60-44)33(51)17-26(31)27(38(48)42(56)57)19-43-25(11-13-36(43)45)10-9-23-5-3-4-6-28(23)43/h3-8,12,14-15,17-18,21,25,27,35-36,38-41,49-51,53-55,58H,2,9-11,13,16,19-20,45H2,1H3,(H,46,47)(H,56,57). The molecule has 4 aromatic rings. The van der Waals surface area contributed by atoms with Gasteiger partial charge < -0.3 is 61.0 Å². The largest absolute Gasteiger partial charge is 0.508 e. The van der Waals surface area contributed by atoms with E-state index in [9.17, 15) is 50.4 Å². The molecule has 16 nitrogen and oxygen atoms in total. The number of aromatic nitrogens is 2. The number of fused-ring (bicyclic) bond motifs is 4. The number of benzene rings is 3. The van der Waals surface area contributed by atoms with Crippen LogP contribution in [0.4, 0.5) is 5.69 Å². The first kappa shape index (κ1) is 41.4. The number of H-pyrrole nitrogens is 1. The lowest BCUT2D eigenvalue weighted by Gasteiger charge is -2.46. The Bertz CT molecular complexity index is 2310. The molecule has 2 aliphatic carbocycles. The molecule has 0 bridgehead atoms. The van der Waals surface area contributed by atoms with Gasteiger partial charge >= 0.3 is 11.9 Å². The van der Waals surface area contributed by atoms with Gasteiger partial charge in [0.15, 0.2) is 17.6 Å². The zero-order chi connectivity index (χ0) is 42.7. The van der Waals surface area contributed by atoms with E-state index in [-0.39, 0.29) is 29.8 Å². The van der Waals surface area contributed by atoms with E-state index in [0.717, 1.165) is 52.7 Å². The minimum Gasteiger partial charge on any atom is -0.508 e. The summed E-state index contributed by atoms with van der Waals surface area (Å²) in [5.74, 6) is -7.12. The third kappa shape index (κ3) is 6.91. The van der Waals surface area contributed by atoms with Crippen LogP contribution >= 0.6 is 0 Å². The molecule has 2 fully saturated rings. The summed E-state index contributed by atoms with van der Waals surface area (Å²) < 4.78 is 10.9. The Hall–Kier alpha value is -5.33. The smallest absolute Gasteiger partial charge is 0.355 e. The van der Waals surface area contributed by atoms with Crippen LogP contribution in [-0.2, 0) is 39.0 Å². The fraction of sp³-hybridized carbons (Fsp3) is 0.432. The van der Waals surface area contributed by atoms with E-state index in [1.165, 1.54) is 24.3 Å². The Morgan fingerprint density at radius 1 is 1.05 bits per heavy atom. The maximum atomic E-state index is 14.6. The average Bonchev–Trinajstić information content (AvgIpc) is 3.92. The quantitative estimate of drug-likeness (QED) is 0.0767. The summed E-state index contributed by atoms with van der Waals surface area (Å²) in [5, 5.41) is 85.8. The number of carbonyl (C=O) groups excluding carboxylic acids is 1. The molecule has 11 N–H and O–H groups in total. The number of phenols is 2. The highest BCUT2D eigenvalue weighted by molar-refractivity contribution is 6.10. The number of imidazole rings is 1. The third-order valence-electron chi connectivity index (χ3n) is 13.2. The van der Waals surface area contributed by atoms with E-state index in [2.05, 4.69) is 16.0 Å². The predicted octanol–water partition coefficient (Wildman–Crippen LogP) is 2.08. The summed E-state index contributed by atoms with van der Waals surface area (Å²) in [7, 11) is 0. The summed E-state index contributed by atoms with van der Waals surface area (Å²) >= 11 is 0. The predicted molar refractivity (Wildman–Crippen MR) is 215 cm³/mol. The monoisotopic (exact) mass is 826 g/mol. The zero-order valence-electron chi connectivity index (χ0n) is 32.9. The molecule has 2 aliphatic heterocycles. The van der Waals surface area contributed by atoms with Gasteiger partial charge in [0.25, 0.3) is 5.91 Å². The zero-order valence-corrected chi connectivity index (χ0v) is 32.9. The second kappa shape index (κ2) is 15.9. The van der Waals surface area contributed by atoms with E-state index < -0.39 is 77.7 Å². The van der Waals surface area contributed by atoms with Crippen LogP contribution in [0.25, 0.3) is 6.08 Å². The molecule has 0 spiro atoms. The maximum absolute atomic E-state index is 14.6. The van der Waals surface area contributed by atoms with E-state index in [1.54, 1.807) is 18.5 Å². The topological polar surface area (TPSA) is 272 Å². The first-order chi connectivity index (χ1) is 28.7. The maximum Gasteiger partial charge on any atom is 0.355 e. The molecule has 1 aromatic heterocycles. The molecule has 0 radical (unpaired) electrons. The summed E-state index contributed by atoms with van der Waals surface area (Å²) in [6.07, 6.45) is 1.01. The molecule has 318 valence electrons. The number of rotatable bonds is 11. The number of nitrogens with two attached hydrogens (primary N) is 1. The molecule has 4 aliphatic rings. The number of nitrogens with one attached hydrogen (secondary N) is 1. The molecule has 1 saturated heterocycles. The second-order valence-electron chi connectivity index (χ2n) is 16.4. The molecule has 3 heterocycles. The summed E-state index contributed by atoms with van der Waals surface area (Å²) in [6.45, 7) is 1.08. The van der Waals surface area contributed by atoms with E-state index in [1.807, 2.05) is 25.1 Å². The highest BCUT2D eigenvalue weighted by Gasteiger charge is 2.58. The third-order valence-corrected chi connectivity index (χ3v) is 13.2. The molecular formula is C44H50N4O12. The fourth-order valence-corrected chi connectivity index (χ4v) is 10.2. The number of nitrogens with zero attached hydrogens (tertiary/aromatic N) is 2. The van der Waals surface area contributed by atoms with Crippen molar-refractivity contribution in [2.45, 2.75) is 106 Å². The van der Waals surface area contributed by atoms with Crippen LogP contribution in [0.1, 0.15) is 77.7 Å². The summed E-state index contributed by atoms with van der Waals surface area (Å²) in [4.78, 5) is 36.7. The number of aliphatic carboxylic acids is 1. The van der Waals surface area contributed by atoms with Crippen molar-refractivity contribution in [3.05, 3.63) is 106 Å². The number of anilines is 1. The Morgan fingerprint density at radius 3 is 2.58 bits per heavy atom. The number of carboxylic acid groups (broad SMARTS) is 1. The Kier molecular flexibility index (Phi) is 11.0. The lowest BCUT2D eigenvalue weighted by Crippen LogP contribution is -2.67. The molecule has 10 atom stereocenters. The molecule has 16 heteroatoms. The average molecular weight is 827 g/mol. The Morgan fingerprint density at radius 2 is 1.83 bits per heavy atom. The normalized spacial score (nSPS) is 30.9. The van der Waals surface area contributed by atoms with Crippen LogP contribution < -0.4 is 15.4 Å². The highest BCUT2D eigenvalue weighted by Crippen LogP contribution is 2.59. The molecule has 10 unspecified atom stereocenters. The van der Waals surface area contributed by atoms with Crippen molar-refractivity contribution in [2.24, 2.45) is 11.7 Å². The van der Waals surface area contributed by atoms with Crippen LogP contribution in [0.3, 0.4) is 0 Å². The number of aromatic amines is 1. The van der Waals surface area contributed by atoms with Crippen LogP contribution in [-0.4, -0.2) is 112 Å². The second-order valence-corrected chi connectivity index (χ2v) is 16.4. The van der Waals surface area contributed by atoms with Gasteiger partial charge in [-0.25, -0.2) is 9.78 Å². The number of aliphatic hydroxyl groups is 5. The number of aliphatic hydroxyl groups excluding tert-OH is 4. The van der Waals surface area contributed by atoms with Crippen molar-refractivity contribution < 1.29 is 59.9 Å². The van der Waals surface area contributed by atoms with Crippen LogP contribution in [0.2, 0.25) is 0 Å². The van der Waals surface area contributed by atoms with Gasteiger partial charge in [-0.05, 0) is 91.0 Å². The molecule has 60 heavy (non-hydrogen) atoms. The highest BCUT2D eigenvalue weighted by atomic mass is 16.8.